The van der Waals surface area contributed by atoms with Crippen LogP contribution in [0.4, 0.5) is 15.8 Å². The standard InChI is InChI=1S/C19H15FN4O/c20-14-3-1-2-4-15(14)22-19-10-16-17(24-19)11-21-18(23-16)9-12-5-7-13(25)8-6-12/h1-8,11,25H,9-10H2,(H,22,24). The van der Waals surface area contributed by atoms with Crippen molar-refractivity contribution in [2.45, 2.75) is 12.8 Å². The van der Waals surface area contributed by atoms with E-state index in [-0.39, 0.29) is 11.6 Å². The zero-order valence-corrected chi connectivity index (χ0v) is 13.3. The smallest absolute Gasteiger partial charge is 0.148 e. The average Bonchev–Trinajstić information content (AvgIpc) is 3.01. The van der Waals surface area contributed by atoms with Crippen LogP contribution in [0.5, 0.6) is 5.75 Å². The number of phenols is 1. The molecule has 0 spiro atoms. The second-order valence-electron chi connectivity index (χ2n) is 5.80. The molecule has 1 aromatic heterocycles. The zero-order chi connectivity index (χ0) is 17.2. The summed E-state index contributed by atoms with van der Waals surface area (Å²) in [6, 6.07) is 13.4. The van der Waals surface area contributed by atoms with Gasteiger partial charge in [0.15, 0.2) is 0 Å². The van der Waals surface area contributed by atoms with Crippen molar-refractivity contribution in [1.82, 2.24) is 9.97 Å². The highest BCUT2D eigenvalue weighted by molar-refractivity contribution is 6.03. The van der Waals surface area contributed by atoms with Gasteiger partial charge in [0.05, 0.1) is 24.0 Å². The lowest BCUT2D eigenvalue weighted by atomic mass is 10.1. The number of nitrogens with zero attached hydrogens (tertiary/aromatic N) is 3. The number of phenolic OH excluding ortho intramolecular Hbond substituents is 1. The first-order valence-electron chi connectivity index (χ1n) is 7.89. The zero-order valence-electron chi connectivity index (χ0n) is 13.3. The minimum absolute atomic E-state index is 0.233. The number of fused-ring (bicyclic) bond motifs is 1. The highest BCUT2D eigenvalue weighted by atomic mass is 19.1. The van der Waals surface area contributed by atoms with E-state index in [4.69, 9.17) is 0 Å². The number of aliphatic imine (C=N–C) groups is 1. The molecule has 0 fully saturated rings. The van der Waals surface area contributed by atoms with E-state index in [1.807, 2.05) is 12.1 Å². The Morgan fingerprint density at radius 2 is 1.92 bits per heavy atom. The molecule has 4 rings (SSSR count). The first-order chi connectivity index (χ1) is 12.2. The van der Waals surface area contributed by atoms with Crippen molar-refractivity contribution in [2.24, 2.45) is 4.99 Å². The molecule has 0 unspecified atom stereocenters. The fourth-order valence-electron chi connectivity index (χ4n) is 2.69. The van der Waals surface area contributed by atoms with Crippen molar-refractivity contribution in [3.8, 4) is 5.75 Å². The summed E-state index contributed by atoms with van der Waals surface area (Å²) in [5.74, 6) is 1.22. The molecule has 1 aliphatic heterocycles. The average molecular weight is 334 g/mol. The highest BCUT2D eigenvalue weighted by Gasteiger charge is 2.19. The van der Waals surface area contributed by atoms with Gasteiger partial charge in [0.25, 0.3) is 0 Å². The Morgan fingerprint density at radius 1 is 1.12 bits per heavy atom. The number of hydrogen-bond acceptors (Lipinski definition) is 4. The number of amidine groups is 1. The number of rotatable bonds is 3. The van der Waals surface area contributed by atoms with Gasteiger partial charge in [0.2, 0.25) is 0 Å². The number of aromatic hydroxyl groups is 1. The second-order valence-corrected chi connectivity index (χ2v) is 5.80. The molecule has 2 N–H and O–H groups in total. The Balaban J connectivity index is 1.54. The molecule has 5 nitrogen and oxygen atoms in total. The Kier molecular flexibility index (Phi) is 3.85. The highest BCUT2D eigenvalue weighted by Crippen LogP contribution is 2.24. The van der Waals surface area contributed by atoms with E-state index in [0.717, 1.165) is 16.9 Å². The van der Waals surface area contributed by atoms with E-state index in [9.17, 15) is 9.50 Å². The third-order valence-corrected chi connectivity index (χ3v) is 3.94. The number of aromatic nitrogens is 2. The van der Waals surface area contributed by atoms with E-state index in [0.29, 0.717) is 30.2 Å². The molecule has 3 aromatic rings. The second kappa shape index (κ2) is 6.32. The van der Waals surface area contributed by atoms with E-state index in [2.05, 4.69) is 20.3 Å². The minimum Gasteiger partial charge on any atom is -0.508 e. The van der Waals surface area contributed by atoms with Gasteiger partial charge in [-0.25, -0.2) is 19.4 Å². The monoisotopic (exact) mass is 334 g/mol. The van der Waals surface area contributed by atoms with Crippen molar-refractivity contribution >= 4 is 17.2 Å². The summed E-state index contributed by atoms with van der Waals surface area (Å²) in [5, 5.41) is 12.5. The fourth-order valence-corrected chi connectivity index (χ4v) is 2.69. The van der Waals surface area contributed by atoms with Crippen LogP contribution in [-0.4, -0.2) is 20.9 Å². The van der Waals surface area contributed by atoms with Crippen LogP contribution >= 0.6 is 0 Å². The van der Waals surface area contributed by atoms with Crippen molar-refractivity contribution < 1.29 is 9.50 Å². The summed E-state index contributed by atoms with van der Waals surface area (Å²) < 4.78 is 13.7. The molecule has 0 atom stereocenters. The summed E-state index contributed by atoms with van der Waals surface area (Å²) in [7, 11) is 0. The molecule has 0 aliphatic carbocycles. The topological polar surface area (TPSA) is 70.4 Å². The van der Waals surface area contributed by atoms with Gasteiger partial charge in [0, 0.05) is 6.42 Å². The van der Waals surface area contributed by atoms with Crippen molar-refractivity contribution in [2.75, 3.05) is 5.32 Å². The molecule has 25 heavy (non-hydrogen) atoms. The molecule has 0 bridgehead atoms. The normalized spacial score (nSPS) is 14.4. The number of anilines is 1. The lowest BCUT2D eigenvalue weighted by Gasteiger charge is -2.03. The Hall–Kier alpha value is -3.28. The Bertz CT molecular complexity index is 954. The maximum atomic E-state index is 13.7. The molecular weight excluding hydrogens is 319 g/mol. The van der Waals surface area contributed by atoms with Crippen molar-refractivity contribution in [3.63, 3.8) is 0 Å². The van der Waals surface area contributed by atoms with Gasteiger partial charge in [-0.05, 0) is 29.8 Å². The molecule has 6 heteroatoms. The lowest BCUT2D eigenvalue weighted by molar-refractivity contribution is 0.475. The van der Waals surface area contributed by atoms with Gasteiger partial charge < -0.3 is 10.4 Å². The van der Waals surface area contributed by atoms with Gasteiger partial charge in [-0.1, -0.05) is 24.3 Å². The summed E-state index contributed by atoms with van der Waals surface area (Å²) in [5.41, 5.74) is 2.96. The van der Waals surface area contributed by atoms with Crippen LogP contribution in [0, 0.1) is 5.82 Å². The molecule has 2 heterocycles. The van der Waals surface area contributed by atoms with E-state index < -0.39 is 0 Å². The maximum absolute atomic E-state index is 13.7. The fraction of sp³-hybridized carbons (Fsp3) is 0.105. The van der Waals surface area contributed by atoms with Crippen LogP contribution in [0.1, 0.15) is 17.1 Å². The molecule has 0 amide bonds. The summed E-state index contributed by atoms with van der Waals surface area (Å²) in [6.45, 7) is 0. The lowest BCUT2D eigenvalue weighted by Crippen LogP contribution is -2.05. The van der Waals surface area contributed by atoms with Gasteiger partial charge in [-0.15, -0.1) is 0 Å². The Labute approximate surface area is 143 Å². The first-order valence-corrected chi connectivity index (χ1v) is 7.89. The van der Waals surface area contributed by atoms with Crippen LogP contribution in [0.2, 0.25) is 0 Å². The quantitative estimate of drug-likeness (QED) is 0.768. The van der Waals surface area contributed by atoms with Crippen LogP contribution in [-0.2, 0) is 12.8 Å². The van der Waals surface area contributed by atoms with Gasteiger partial charge in [0.1, 0.15) is 28.9 Å². The van der Waals surface area contributed by atoms with E-state index in [1.54, 1.807) is 36.5 Å². The molecule has 0 radical (unpaired) electrons. The Morgan fingerprint density at radius 3 is 2.72 bits per heavy atom. The van der Waals surface area contributed by atoms with Crippen LogP contribution in [0.15, 0.2) is 59.7 Å². The molecule has 0 saturated carbocycles. The largest absolute Gasteiger partial charge is 0.508 e. The third-order valence-electron chi connectivity index (χ3n) is 3.94. The molecule has 2 aromatic carbocycles. The summed E-state index contributed by atoms with van der Waals surface area (Å²) >= 11 is 0. The number of nitrogens with one attached hydrogen (secondary N) is 1. The number of para-hydroxylation sites is 1. The maximum Gasteiger partial charge on any atom is 0.148 e. The van der Waals surface area contributed by atoms with Crippen LogP contribution in [0.25, 0.3) is 0 Å². The van der Waals surface area contributed by atoms with Gasteiger partial charge in [-0.2, -0.15) is 0 Å². The van der Waals surface area contributed by atoms with E-state index in [1.165, 1.54) is 6.07 Å². The van der Waals surface area contributed by atoms with Gasteiger partial charge in [-0.3, -0.25) is 0 Å². The molecular formula is C19H15FN4O. The molecule has 0 saturated heterocycles. The van der Waals surface area contributed by atoms with Crippen LogP contribution in [0.3, 0.4) is 0 Å². The summed E-state index contributed by atoms with van der Waals surface area (Å²) in [4.78, 5) is 13.3. The predicted molar refractivity (Wildman–Crippen MR) is 93.8 cm³/mol. The SMILES string of the molecule is Oc1ccc(Cc2ncc3c(n2)CC(=Nc2ccccc2F)N3)cc1. The minimum atomic E-state index is -0.355. The van der Waals surface area contributed by atoms with Gasteiger partial charge >= 0.3 is 0 Å². The van der Waals surface area contributed by atoms with Crippen molar-refractivity contribution in [1.29, 1.82) is 0 Å². The molecule has 1 aliphatic rings. The first kappa shape index (κ1) is 15.3. The molecule has 124 valence electrons. The predicted octanol–water partition coefficient (Wildman–Crippen LogP) is 3.61. The number of benzene rings is 2. The van der Waals surface area contributed by atoms with Crippen molar-refractivity contribution in [3.05, 3.63) is 77.6 Å². The number of hydrogen-bond donors (Lipinski definition) is 2. The van der Waals surface area contributed by atoms with Crippen LogP contribution < -0.4 is 5.32 Å². The number of halogens is 1. The summed E-state index contributed by atoms with van der Waals surface area (Å²) in [6.07, 6.45) is 2.81. The third kappa shape index (κ3) is 3.33. The van der Waals surface area contributed by atoms with E-state index >= 15 is 0 Å².